The lowest BCUT2D eigenvalue weighted by atomic mass is 10.1. The minimum absolute atomic E-state index is 0.363. The third-order valence-electron chi connectivity index (χ3n) is 3.31. The van der Waals surface area contributed by atoms with E-state index >= 15 is 0 Å². The summed E-state index contributed by atoms with van der Waals surface area (Å²) in [6.45, 7) is 6.00. The van der Waals surface area contributed by atoms with Crippen LogP contribution < -0.4 is 5.32 Å². The Labute approximate surface area is 108 Å². The molecule has 3 nitrogen and oxygen atoms in total. The Morgan fingerprint density at radius 1 is 1.44 bits per heavy atom. The molecule has 0 fully saturated rings. The number of fused-ring (bicyclic) bond motifs is 1. The summed E-state index contributed by atoms with van der Waals surface area (Å²) in [6, 6.07) is 6.06. The quantitative estimate of drug-likeness (QED) is 0.575. The lowest BCUT2D eigenvalue weighted by Gasteiger charge is -2.14. The van der Waals surface area contributed by atoms with Crippen molar-refractivity contribution in [2.24, 2.45) is 0 Å². The van der Waals surface area contributed by atoms with Gasteiger partial charge in [-0.2, -0.15) is 0 Å². The van der Waals surface area contributed by atoms with E-state index in [-0.39, 0.29) is 0 Å². The van der Waals surface area contributed by atoms with Crippen LogP contribution in [0, 0.1) is 0 Å². The zero-order valence-electron chi connectivity index (χ0n) is 10.7. The maximum Gasteiger partial charge on any atom is 0.115 e. The summed E-state index contributed by atoms with van der Waals surface area (Å²) in [5, 5.41) is 12.9. The van der Waals surface area contributed by atoms with Gasteiger partial charge in [-0.25, -0.2) is 0 Å². The van der Waals surface area contributed by atoms with Crippen molar-refractivity contribution in [3.05, 3.63) is 42.0 Å². The van der Waals surface area contributed by atoms with Crippen LogP contribution in [0.3, 0.4) is 0 Å². The molecule has 0 saturated heterocycles. The molecular formula is C15H21NO2. The van der Waals surface area contributed by atoms with Gasteiger partial charge in [-0.05, 0) is 42.5 Å². The lowest BCUT2D eigenvalue weighted by Crippen LogP contribution is -2.23. The second kappa shape index (κ2) is 6.57. The van der Waals surface area contributed by atoms with E-state index in [1.165, 1.54) is 11.1 Å². The van der Waals surface area contributed by atoms with Crippen LogP contribution in [-0.2, 0) is 11.2 Å². The predicted octanol–water partition coefficient (Wildman–Crippen LogP) is 2.56. The first kappa shape index (κ1) is 13.1. The van der Waals surface area contributed by atoms with Crippen molar-refractivity contribution in [3.8, 4) is 5.75 Å². The topological polar surface area (TPSA) is 41.5 Å². The molecule has 2 N–H and O–H groups in total. The maximum atomic E-state index is 9.43. The smallest absolute Gasteiger partial charge is 0.115 e. The van der Waals surface area contributed by atoms with Crippen molar-refractivity contribution in [1.82, 2.24) is 5.32 Å². The molecule has 1 aliphatic carbocycles. The number of ether oxygens (including phenoxy) is 1. The molecule has 1 atom stereocenters. The van der Waals surface area contributed by atoms with Crippen LogP contribution in [0.2, 0.25) is 0 Å². The Kier molecular flexibility index (Phi) is 4.79. The van der Waals surface area contributed by atoms with Crippen LogP contribution in [-0.4, -0.2) is 24.9 Å². The lowest BCUT2D eigenvalue weighted by molar-refractivity contribution is 0.138. The van der Waals surface area contributed by atoms with Crippen LogP contribution in [0.5, 0.6) is 5.75 Å². The highest BCUT2D eigenvalue weighted by Gasteiger charge is 2.21. The minimum atomic E-state index is 0.363. The van der Waals surface area contributed by atoms with Crippen molar-refractivity contribution in [1.29, 1.82) is 0 Å². The Morgan fingerprint density at radius 3 is 3.17 bits per heavy atom. The number of hydrogen-bond donors (Lipinski definition) is 2. The molecule has 0 saturated carbocycles. The van der Waals surface area contributed by atoms with Crippen molar-refractivity contribution in [2.75, 3.05) is 19.8 Å². The summed E-state index contributed by atoms with van der Waals surface area (Å²) in [6.07, 6.45) is 4.92. The summed E-state index contributed by atoms with van der Waals surface area (Å²) in [5.74, 6) is 0.363. The molecule has 0 radical (unpaired) electrons. The number of phenolic OH excluding ortho intramolecular Hbond substituents is 1. The molecule has 1 unspecified atom stereocenters. The fraction of sp³-hybridized carbons (Fsp3) is 0.467. The fourth-order valence-electron chi connectivity index (χ4n) is 2.39. The van der Waals surface area contributed by atoms with Gasteiger partial charge in [0.15, 0.2) is 0 Å². The first-order valence-corrected chi connectivity index (χ1v) is 6.55. The highest BCUT2D eigenvalue weighted by atomic mass is 16.5. The summed E-state index contributed by atoms with van der Waals surface area (Å²) in [5.41, 5.74) is 2.58. The van der Waals surface area contributed by atoms with E-state index in [0.717, 1.165) is 39.0 Å². The number of hydrogen-bond acceptors (Lipinski definition) is 3. The van der Waals surface area contributed by atoms with E-state index in [2.05, 4.69) is 11.9 Å². The Hall–Kier alpha value is -1.32. The minimum Gasteiger partial charge on any atom is -0.508 e. The zero-order chi connectivity index (χ0) is 12.8. The summed E-state index contributed by atoms with van der Waals surface area (Å²) < 4.78 is 5.47. The molecular weight excluding hydrogens is 226 g/mol. The summed E-state index contributed by atoms with van der Waals surface area (Å²) >= 11 is 0. The Balaban J connectivity index is 1.74. The van der Waals surface area contributed by atoms with Gasteiger partial charge in [0.05, 0.1) is 13.2 Å². The molecule has 98 valence electrons. The Morgan fingerprint density at radius 2 is 2.33 bits per heavy atom. The first-order valence-electron chi connectivity index (χ1n) is 6.55. The predicted molar refractivity (Wildman–Crippen MR) is 72.8 cm³/mol. The van der Waals surface area contributed by atoms with Crippen LogP contribution in [0.15, 0.2) is 30.9 Å². The van der Waals surface area contributed by atoms with Crippen LogP contribution in [0.1, 0.15) is 30.0 Å². The molecule has 3 heteroatoms. The van der Waals surface area contributed by atoms with Crippen molar-refractivity contribution in [2.45, 2.75) is 25.3 Å². The van der Waals surface area contributed by atoms with Crippen molar-refractivity contribution in [3.63, 3.8) is 0 Å². The number of aromatic hydroxyl groups is 1. The van der Waals surface area contributed by atoms with Gasteiger partial charge in [0.25, 0.3) is 0 Å². The van der Waals surface area contributed by atoms with E-state index in [9.17, 15) is 5.11 Å². The molecule has 0 heterocycles. The second-order valence-corrected chi connectivity index (χ2v) is 4.62. The molecule has 1 aliphatic rings. The van der Waals surface area contributed by atoms with E-state index in [1.54, 1.807) is 6.07 Å². The molecule has 18 heavy (non-hydrogen) atoms. The highest BCUT2D eigenvalue weighted by Crippen LogP contribution is 2.32. The molecule has 0 bridgehead atoms. The molecule has 0 aliphatic heterocycles. The van der Waals surface area contributed by atoms with Gasteiger partial charge < -0.3 is 15.2 Å². The summed E-state index contributed by atoms with van der Waals surface area (Å²) in [7, 11) is 0. The number of aryl methyl sites for hydroxylation is 1. The van der Waals surface area contributed by atoms with Crippen LogP contribution in [0.4, 0.5) is 0 Å². The SMILES string of the molecule is C=CCCOCCNC1CCc2cc(O)ccc21. The van der Waals surface area contributed by atoms with Gasteiger partial charge in [0, 0.05) is 12.6 Å². The molecule has 0 aromatic heterocycles. The van der Waals surface area contributed by atoms with Gasteiger partial charge in [-0.3, -0.25) is 0 Å². The number of rotatable bonds is 7. The van der Waals surface area contributed by atoms with E-state index in [1.807, 2.05) is 18.2 Å². The van der Waals surface area contributed by atoms with Gasteiger partial charge in [0.1, 0.15) is 5.75 Å². The number of benzene rings is 1. The molecule has 0 spiro atoms. The molecule has 0 amide bonds. The standard InChI is InChI=1S/C15H21NO2/c1-2-3-9-18-10-8-16-15-7-4-12-11-13(17)5-6-14(12)15/h2,5-6,11,15-17H,1,3-4,7-10H2. The maximum absolute atomic E-state index is 9.43. The number of phenols is 1. The zero-order valence-corrected chi connectivity index (χ0v) is 10.7. The van der Waals surface area contributed by atoms with Gasteiger partial charge >= 0.3 is 0 Å². The second-order valence-electron chi connectivity index (χ2n) is 4.62. The van der Waals surface area contributed by atoms with E-state index < -0.39 is 0 Å². The third-order valence-corrected chi connectivity index (χ3v) is 3.31. The largest absolute Gasteiger partial charge is 0.508 e. The molecule has 1 aromatic carbocycles. The van der Waals surface area contributed by atoms with Crippen LogP contribution in [0.25, 0.3) is 0 Å². The number of nitrogens with one attached hydrogen (secondary N) is 1. The molecule has 2 rings (SSSR count). The van der Waals surface area contributed by atoms with Gasteiger partial charge in [0.2, 0.25) is 0 Å². The Bertz CT molecular complexity index is 403. The van der Waals surface area contributed by atoms with Crippen LogP contribution >= 0.6 is 0 Å². The van der Waals surface area contributed by atoms with E-state index in [4.69, 9.17) is 4.74 Å². The third kappa shape index (κ3) is 3.34. The van der Waals surface area contributed by atoms with Gasteiger partial charge in [-0.1, -0.05) is 12.1 Å². The summed E-state index contributed by atoms with van der Waals surface area (Å²) in [4.78, 5) is 0. The van der Waals surface area contributed by atoms with Crippen molar-refractivity contribution < 1.29 is 9.84 Å². The molecule has 1 aromatic rings. The monoisotopic (exact) mass is 247 g/mol. The fourth-order valence-corrected chi connectivity index (χ4v) is 2.39. The average molecular weight is 247 g/mol. The average Bonchev–Trinajstić information content (AvgIpc) is 2.76. The highest BCUT2D eigenvalue weighted by molar-refractivity contribution is 5.39. The van der Waals surface area contributed by atoms with Gasteiger partial charge in [-0.15, -0.1) is 6.58 Å². The first-order chi connectivity index (χ1) is 8.81. The van der Waals surface area contributed by atoms with E-state index in [0.29, 0.717) is 11.8 Å². The normalized spacial score (nSPS) is 17.7. The van der Waals surface area contributed by atoms with Crippen molar-refractivity contribution >= 4 is 0 Å².